The SMILES string of the molecule is Cc1[nH]ncc1CNC(C)(CNC(=O)OC(C)(C)C)C1CC1. The normalized spacial score (nSPS) is 17.9. The maximum Gasteiger partial charge on any atom is 0.407 e. The number of aryl methyl sites for hydroxylation is 1. The van der Waals surface area contributed by atoms with E-state index in [4.69, 9.17) is 4.74 Å². The molecule has 22 heavy (non-hydrogen) atoms. The highest BCUT2D eigenvalue weighted by Crippen LogP contribution is 2.39. The predicted molar refractivity (Wildman–Crippen MR) is 85.5 cm³/mol. The van der Waals surface area contributed by atoms with Crippen molar-refractivity contribution in [3.05, 3.63) is 17.5 Å². The Balaban J connectivity index is 1.88. The lowest BCUT2D eigenvalue weighted by atomic mass is 9.95. The number of hydrogen-bond donors (Lipinski definition) is 3. The van der Waals surface area contributed by atoms with Crippen molar-refractivity contribution < 1.29 is 9.53 Å². The summed E-state index contributed by atoms with van der Waals surface area (Å²) in [6.07, 6.45) is 3.88. The van der Waals surface area contributed by atoms with Crippen molar-refractivity contribution in [2.45, 2.75) is 65.1 Å². The Morgan fingerprint density at radius 2 is 2.09 bits per heavy atom. The first-order valence-electron chi connectivity index (χ1n) is 7.90. The van der Waals surface area contributed by atoms with Gasteiger partial charge in [0.25, 0.3) is 0 Å². The van der Waals surface area contributed by atoms with Gasteiger partial charge < -0.3 is 15.4 Å². The van der Waals surface area contributed by atoms with Crippen LogP contribution in [0.4, 0.5) is 4.79 Å². The van der Waals surface area contributed by atoms with Crippen molar-refractivity contribution in [2.24, 2.45) is 5.92 Å². The van der Waals surface area contributed by atoms with E-state index in [-0.39, 0.29) is 11.6 Å². The van der Waals surface area contributed by atoms with E-state index in [0.717, 1.165) is 17.8 Å². The minimum Gasteiger partial charge on any atom is -0.444 e. The van der Waals surface area contributed by atoms with E-state index in [2.05, 4.69) is 27.8 Å². The number of carbonyl (C=O) groups excluding carboxylic acids is 1. The Bertz CT molecular complexity index is 516. The summed E-state index contributed by atoms with van der Waals surface area (Å²) >= 11 is 0. The Morgan fingerprint density at radius 3 is 2.59 bits per heavy atom. The number of nitrogens with one attached hydrogen (secondary N) is 3. The maximum atomic E-state index is 11.9. The molecule has 6 heteroatoms. The zero-order chi connectivity index (χ0) is 16.4. The zero-order valence-corrected chi connectivity index (χ0v) is 14.2. The van der Waals surface area contributed by atoms with E-state index >= 15 is 0 Å². The molecule has 1 amide bonds. The standard InChI is InChI=1S/C16H28N4O2/c1-11-12(9-19-20-11)8-18-16(5,13-6-7-13)10-17-14(21)22-15(2,3)4/h9,13,18H,6-8,10H2,1-5H3,(H,17,21)(H,19,20). The number of carbonyl (C=O) groups is 1. The summed E-state index contributed by atoms with van der Waals surface area (Å²) in [4.78, 5) is 11.9. The molecule has 1 atom stereocenters. The topological polar surface area (TPSA) is 79.0 Å². The molecule has 1 unspecified atom stereocenters. The average Bonchev–Trinajstić information content (AvgIpc) is 3.17. The molecule has 1 aromatic rings. The fraction of sp³-hybridized carbons (Fsp3) is 0.750. The Hall–Kier alpha value is -1.56. The average molecular weight is 308 g/mol. The van der Waals surface area contributed by atoms with Gasteiger partial charge >= 0.3 is 6.09 Å². The Labute approximate surface area is 132 Å². The van der Waals surface area contributed by atoms with E-state index < -0.39 is 5.60 Å². The molecular weight excluding hydrogens is 280 g/mol. The molecule has 2 rings (SSSR count). The predicted octanol–water partition coefficient (Wildman–Crippen LogP) is 2.50. The highest BCUT2D eigenvalue weighted by Gasteiger charge is 2.41. The third-order valence-corrected chi connectivity index (χ3v) is 4.09. The first-order valence-corrected chi connectivity index (χ1v) is 7.90. The van der Waals surface area contributed by atoms with Crippen LogP contribution < -0.4 is 10.6 Å². The van der Waals surface area contributed by atoms with Gasteiger partial charge in [-0.25, -0.2) is 4.79 Å². The van der Waals surface area contributed by atoms with Crippen LogP contribution in [0.2, 0.25) is 0 Å². The quantitative estimate of drug-likeness (QED) is 0.754. The van der Waals surface area contributed by atoms with Crippen molar-refractivity contribution in [3.8, 4) is 0 Å². The monoisotopic (exact) mass is 308 g/mol. The second-order valence-corrected chi connectivity index (χ2v) is 7.42. The van der Waals surface area contributed by atoms with Gasteiger partial charge in [-0.15, -0.1) is 0 Å². The second-order valence-electron chi connectivity index (χ2n) is 7.42. The number of amides is 1. The van der Waals surface area contributed by atoms with Crippen LogP contribution in [0.25, 0.3) is 0 Å². The van der Waals surface area contributed by atoms with Gasteiger partial charge in [0.1, 0.15) is 5.60 Å². The van der Waals surface area contributed by atoms with Crippen molar-refractivity contribution in [1.29, 1.82) is 0 Å². The van der Waals surface area contributed by atoms with E-state index in [1.165, 1.54) is 12.8 Å². The van der Waals surface area contributed by atoms with Gasteiger partial charge in [-0.1, -0.05) is 0 Å². The molecule has 0 aromatic carbocycles. The van der Waals surface area contributed by atoms with E-state index in [9.17, 15) is 4.79 Å². The lowest BCUT2D eigenvalue weighted by Gasteiger charge is -2.32. The molecule has 3 N–H and O–H groups in total. The largest absolute Gasteiger partial charge is 0.444 e. The Kier molecular flexibility index (Phi) is 4.80. The minimum absolute atomic E-state index is 0.124. The van der Waals surface area contributed by atoms with Crippen molar-refractivity contribution in [2.75, 3.05) is 6.54 Å². The van der Waals surface area contributed by atoms with Gasteiger partial charge in [-0.3, -0.25) is 5.10 Å². The van der Waals surface area contributed by atoms with Gasteiger partial charge in [-0.05, 0) is 53.4 Å². The molecular formula is C16H28N4O2. The molecule has 0 spiro atoms. The molecule has 124 valence electrons. The first kappa shape index (κ1) is 16.8. The number of nitrogens with zero attached hydrogens (tertiary/aromatic N) is 1. The Morgan fingerprint density at radius 1 is 1.41 bits per heavy atom. The molecule has 1 saturated carbocycles. The highest BCUT2D eigenvalue weighted by atomic mass is 16.6. The fourth-order valence-electron chi connectivity index (χ4n) is 2.49. The van der Waals surface area contributed by atoms with Crippen LogP contribution in [0, 0.1) is 12.8 Å². The highest BCUT2D eigenvalue weighted by molar-refractivity contribution is 5.67. The second kappa shape index (κ2) is 6.28. The van der Waals surface area contributed by atoms with E-state index in [1.807, 2.05) is 33.9 Å². The smallest absolute Gasteiger partial charge is 0.407 e. The molecule has 0 radical (unpaired) electrons. The third-order valence-electron chi connectivity index (χ3n) is 4.09. The summed E-state index contributed by atoms with van der Waals surface area (Å²) < 4.78 is 5.31. The van der Waals surface area contributed by atoms with Gasteiger partial charge in [0, 0.05) is 29.9 Å². The van der Waals surface area contributed by atoms with Crippen molar-refractivity contribution >= 4 is 6.09 Å². The lowest BCUT2D eigenvalue weighted by Crippen LogP contribution is -2.53. The number of hydrogen-bond acceptors (Lipinski definition) is 4. The molecule has 1 aliphatic carbocycles. The molecule has 0 saturated heterocycles. The molecule has 1 aliphatic rings. The number of rotatable bonds is 6. The third kappa shape index (κ3) is 4.73. The summed E-state index contributed by atoms with van der Waals surface area (Å²) in [6, 6.07) is 0. The molecule has 1 fully saturated rings. The summed E-state index contributed by atoms with van der Waals surface area (Å²) in [6.45, 7) is 11.1. The van der Waals surface area contributed by atoms with E-state index in [1.54, 1.807) is 0 Å². The number of ether oxygens (including phenoxy) is 1. The van der Waals surface area contributed by atoms with Gasteiger partial charge in [0.2, 0.25) is 0 Å². The van der Waals surface area contributed by atoms with Crippen LogP contribution in [0.15, 0.2) is 6.20 Å². The van der Waals surface area contributed by atoms with Crippen molar-refractivity contribution in [1.82, 2.24) is 20.8 Å². The summed E-state index contributed by atoms with van der Waals surface area (Å²) in [5.41, 5.74) is 1.64. The van der Waals surface area contributed by atoms with Gasteiger partial charge in [0.15, 0.2) is 0 Å². The van der Waals surface area contributed by atoms with Crippen LogP contribution >= 0.6 is 0 Å². The first-order chi connectivity index (χ1) is 10.2. The molecule has 1 aromatic heterocycles. The van der Waals surface area contributed by atoms with Gasteiger partial charge in [-0.2, -0.15) is 5.10 Å². The fourth-order valence-corrected chi connectivity index (χ4v) is 2.49. The minimum atomic E-state index is -0.471. The number of aromatic amines is 1. The van der Waals surface area contributed by atoms with Crippen LogP contribution in [0.3, 0.4) is 0 Å². The number of H-pyrrole nitrogens is 1. The molecule has 0 bridgehead atoms. The van der Waals surface area contributed by atoms with E-state index in [0.29, 0.717) is 12.5 Å². The molecule has 1 heterocycles. The number of alkyl carbamates (subject to hydrolysis) is 1. The number of aromatic nitrogens is 2. The van der Waals surface area contributed by atoms with Crippen LogP contribution in [0.1, 0.15) is 51.8 Å². The van der Waals surface area contributed by atoms with Crippen LogP contribution in [-0.4, -0.2) is 34.0 Å². The maximum absolute atomic E-state index is 11.9. The zero-order valence-electron chi connectivity index (χ0n) is 14.2. The lowest BCUT2D eigenvalue weighted by molar-refractivity contribution is 0.0507. The summed E-state index contributed by atoms with van der Waals surface area (Å²) in [5.74, 6) is 0.592. The molecule has 6 nitrogen and oxygen atoms in total. The van der Waals surface area contributed by atoms with Crippen molar-refractivity contribution in [3.63, 3.8) is 0 Å². The van der Waals surface area contributed by atoms with Gasteiger partial charge in [0.05, 0.1) is 6.20 Å². The summed E-state index contributed by atoms with van der Waals surface area (Å²) in [5, 5.41) is 13.5. The van der Waals surface area contributed by atoms with Crippen LogP contribution in [-0.2, 0) is 11.3 Å². The van der Waals surface area contributed by atoms with Crippen LogP contribution in [0.5, 0.6) is 0 Å². The summed E-state index contributed by atoms with van der Waals surface area (Å²) in [7, 11) is 0. The molecule has 0 aliphatic heterocycles.